The lowest BCUT2D eigenvalue weighted by Gasteiger charge is -2.54. The van der Waals surface area contributed by atoms with Gasteiger partial charge in [0.2, 0.25) is 5.91 Å². The zero-order valence-electron chi connectivity index (χ0n) is 23.0. The summed E-state index contributed by atoms with van der Waals surface area (Å²) in [7, 11) is 0. The number of nitro groups is 1. The van der Waals surface area contributed by atoms with E-state index in [1.54, 1.807) is 23.4 Å². The summed E-state index contributed by atoms with van der Waals surface area (Å²) in [5, 5.41) is 11.6. The summed E-state index contributed by atoms with van der Waals surface area (Å²) in [6.07, 6.45) is 6.64. The van der Waals surface area contributed by atoms with E-state index in [2.05, 4.69) is 22.0 Å². The normalized spacial score (nSPS) is 18.6. The number of hydrogen-bond donors (Lipinski definition) is 0. The second-order valence-electron chi connectivity index (χ2n) is 10.9. The quantitative estimate of drug-likeness (QED) is 0.209. The first-order chi connectivity index (χ1) is 19.3. The number of aryl methyl sites for hydroxylation is 1. The third-order valence-corrected chi connectivity index (χ3v) is 7.90. The Morgan fingerprint density at radius 1 is 0.950 bits per heavy atom. The van der Waals surface area contributed by atoms with E-state index in [-0.39, 0.29) is 35.1 Å². The minimum absolute atomic E-state index is 0.0534. The van der Waals surface area contributed by atoms with Gasteiger partial charge in [0.05, 0.1) is 22.7 Å². The first kappa shape index (κ1) is 27.3. The predicted octanol–water partition coefficient (Wildman–Crippen LogP) is 4.71. The molecule has 0 aliphatic carbocycles. The highest BCUT2D eigenvalue weighted by molar-refractivity contribution is 6.05. The van der Waals surface area contributed by atoms with Gasteiger partial charge in [-0.15, -0.1) is 0 Å². The Hall–Kier alpha value is -4.27. The lowest BCUT2D eigenvalue weighted by atomic mass is 9.92. The van der Waals surface area contributed by atoms with Gasteiger partial charge in [0.15, 0.2) is 0 Å². The van der Waals surface area contributed by atoms with Gasteiger partial charge in [0.1, 0.15) is 12.2 Å². The molecule has 2 aliphatic rings. The minimum Gasteiger partial charge on any atom is -0.349 e. The van der Waals surface area contributed by atoms with Crippen molar-refractivity contribution >= 4 is 23.2 Å². The molecular weight excluding hydrogens is 506 g/mol. The van der Waals surface area contributed by atoms with E-state index in [4.69, 9.17) is 0 Å². The van der Waals surface area contributed by atoms with Gasteiger partial charge in [-0.1, -0.05) is 44.2 Å². The fourth-order valence-electron chi connectivity index (χ4n) is 5.89. The van der Waals surface area contributed by atoms with Gasteiger partial charge < -0.3 is 14.7 Å². The average Bonchev–Trinajstić information content (AvgIpc) is 2.96. The minimum atomic E-state index is -0.642. The highest BCUT2D eigenvalue weighted by atomic mass is 16.6. The third-order valence-electron chi connectivity index (χ3n) is 7.90. The summed E-state index contributed by atoms with van der Waals surface area (Å²) in [4.78, 5) is 48.7. The Bertz CT molecular complexity index is 1360. The van der Waals surface area contributed by atoms with Crippen molar-refractivity contribution in [1.29, 1.82) is 0 Å². The number of carbonyl (C=O) groups is 2. The van der Waals surface area contributed by atoms with Crippen molar-refractivity contribution < 1.29 is 14.5 Å². The highest BCUT2D eigenvalue weighted by Gasteiger charge is 2.50. The monoisotopic (exact) mass is 541 g/mol. The van der Waals surface area contributed by atoms with E-state index in [1.807, 2.05) is 49.1 Å². The van der Waals surface area contributed by atoms with Crippen LogP contribution in [-0.2, 0) is 17.6 Å². The molecule has 1 unspecified atom stereocenters. The number of unbranched alkanes of at least 4 members (excludes halogenated alkanes) is 1. The van der Waals surface area contributed by atoms with Gasteiger partial charge in [-0.25, -0.2) is 0 Å². The number of nitrogens with zero attached hydrogens (tertiary/aromatic N) is 5. The van der Waals surface area contributed by atoms with Crippen LogP contribution in [0.5, 0.6) is 0 Å². The fourth-order valence-corrected chi connectivity index (χ4v) is 5.89. The first-order valence-electron chi connectivity index (χ1n) is 13.9. The van der Waals surface area contributed by atoms with Crippen LogP contribution in [0.1, 0.15) is 48.2 Å². The fraction of sp³-hybridized carbons (Fsp3) is 0.387. The topological polar surface area (TPSA) is 99.9 Å². The Balaban J connectivity index is 1.44. The van der Waals surface area contributed by atoms with Crippen molar-refractivity contribution in [3.63, 3.8) is 0 Å². The lowest BCUT2D eigenvalue weighted by Crippen LogP contribution is -2.71. The lowest BCUT2D eigenvalue weighted by molar-refractivity contribution is -0.384. The SMILES string of the molecule is CC(C)[C@H]1C(=O)N(CCCCc2ccccc2)CC2N(CCc3ccncc3)c3ccc([N+](=O)[O-])cc3C(=O)N21. The number of hydrogen-bond acceptors (Lipinski definition) is 6. The summed E-state index contributed by atoms with van der Waals surface area (Å²) in [6, 6.07) is 18.1. The number of nitro benzene ring substituents is 1. The van der Waals surface area contributed by atoms with Gasteiger partial charge in [0, 0.05) is 37.6 Å². The molecule has 0 bridgehead atoms. The molecular formula is C31H35N5O4. The zero-order valence-corrected chi connectivity index (χ0v) is 23.0. The molecule has 40 heavy (non-hydrogen) atoms. The van der Waals surface area contributed by atoms with Crippen molar-refractivity contribution in [2.45, 2.75) is 51.7 Å². The summed E-state index contributed by atoms with van der Waals surface area (Å²) in [5.41, 5.74) is 3.20. The number of fused-ring (bicyclic) bond motifs is 2. The molecule has 3 aromatic rings. The number of carbonyl (C=O) groups excluding carboxylic acids is 2. The molecule has 0 radical (unpaired) electrons. The molecule has 3 heterocycles. The summed E-state index contributed by atoms with van der Waals surface area (Å²) in [6.45, 7) is 5.51. The summed E-state index contributed by atoms with van der Waals surface area (Å²) in [5.74, 6) is -0.490. The first-order valence-corrected chi connectivity index (χ1v) is 13.9. The third kappa shape index (κ3) is 5.54. The van der Waals surface area contributed by atoms with E-state index < -0.39 is 11.0 Å². The van der Waals surface area contributed by atoms with E-state index >= 15 is 0 Å². The zero-order chi connectivity index (χ0) is 28.2. The number of pyridine rings is 1. The van der Waals surface area contributed by atoms with Crippen LogP contribution in [0.15, 0.2) is 73.1 Å². The number of amides is 2. The van der Waals surface area contributed by atoms with Gasteiger partial charge >= 0.3 is 0 Å². The molecule has 2 amide bonds. The number of benzene rings is 2. The maximum Gasteiger partial charge on any atom is 0.270 e. The van der Waals surface area contributed by atoms with E-state index in [0.717, 1.165) is 24.8 Å². The maximum absolute atomic E-state index is 13.9. The Morgan fingerprint density at radius 3 is 2.38 bits per heavy atom. The molecule has 5 rings (SSSR count). The van der Waals surface area contributed by atoms with E-state index in [1.165, 1.54) is 17.7 Å². The molecule has 2 aliphatic heterocycles. The van der Waals surface area contributed by atoms with Crippen molar-refractivity contribution in [3.05, 3.63) is 99.9 Å². The van der Waals surface area contributed by atoms with Crippen LogP contribution >= 0.6 is 0 Å². The van der Waals surface area contributed by atoms with E-state index in [0.29, 0.717) is 31.7 Å². The van der Waals surface area contributed by atoms with Gasteiger partial charge in [0.25, 0.3) is 11.6 Å². The van der Waals surface area contributed by atoms with E-state index in [9.17, 15) is 19.7 Å². The molecule has 2 aromatic carbocycles. The number of non-ortho nitro benzene ring substituents is 1. The van der Waals surface area contributed by atoms with Gasteiger partial charge in [-0.3, -0.25) is 24.7 Å². The largest absolute Gasteiger partial charge is 0.349 e. The van der Waals surface area contributed by atoms with Crippen LogP contribution in [-0.4, -0.2) is 63.4 Å². The molecule has 0 N–H and O–H groups in total. The molecule has 1 fully saturated rings. The van der Waals surface area contributed by atoms with Crippen LogP contribution in [0.2, 0.25) is 0 Å². The highest BCUT2D eigenvalue weighted by Crippen LogP contribution is 2.38. The molecule has 9 nitrogen and oxygen atoms in total. The van der Waals surface area contributed by atoms with Crippen LogP contribution in [0, 0.1) is 16.0 Å². The van der Waals surface area contributed by atoms with Crippen molar-refractivity contribution in [2.24, 2.45) is 5.92 Å². The summed E-state index contributed by atoms with van der Waals surface area (Å²) >= 11 is 0. The predicted molar refractivity (Wildman–Crippen MR) is 153 cm³/mol. The van der Waals surface area contributed by atoms with Crippen LogP contribution in [0.25, 0.3) is 0 Å². The molecule has 2 atom stereocenters. The van der Waals surface area contributed by atoms with Gasteiger partial charge in [-0.2, -0.15) is 0 Å². The van der Waals surface area contributed by atoms with Crippen LogP contribution in [0.4, 0.5) is 11.4 Å². The van der Waals surface area contributed by atoms with Crippen molar-refractivity contribution in [2.75, 3.05) is 24.5 Å². The molecule has 1 aromatic heterocycles. The number of rotatable bonds is 10. The Morgan fingerprint density at radius 2 is 1.68 bits per heavy atom. The average molecular weight is 542 g/mol. The number of anilines is 1. The summed E-state index contributed by atoms with van der Waals surface area (Å²) < 4.78 is 0. The Kier molecular flexibility index (Phi) is 8.09. The number of aromatic nitrogens is 1. The van der Waals surface area contributed by atoms with Crippen molar-refractivity contribution in [3.8, 4) is 0 Å². The molecule has 9 heteroatoms. The van der Waals surface area contributed by atoms with Crippen LogP contribution < -0.4 is 4.90 Å². The molecule has 208 valence electrons. The second-order valence-corrected chi connectivity index (χ2v) is 10.9. The standard InChI is InChI=1S/C31H35N5O4/c1-22(2)29-31(38)33(18-7-6-10-23-8-4-3-5-9-23)21-28-34(19-15-24-13-16-32-17-14-24)27-12-11-25(36(39)40)20-26(27)30(37)35(28)29/h3-5,8-9,11-14,16-17,20,22,28-29H,6-7,10,15,18-19,21H2,1-2H3/t28?,29-/m0/s1. The molecule has 0 saturated carbocycles. The van der Waals surface area contributed by atoms with Crippen molar-refractivity contribution in [1.82, 2.24) is 14.8 Å². The Labute approximate surface area is 234 Å². The maximum atomic E-state index is 13.9. The number of piperazine rings is 1. The molecule has 1 saturated heterocycles. The smallest absolute Gasteiger partial charge is 0.270 e. The second kappa shape index (κ2) is 11.9. The van der Waals surface area contributed by atoms with Gasteiger partial charge in [-0.05, 0) is 60.9 Å². The molecule has 0 spiro atoms. The van der Waals surface area contributed by atoms with Crippen LogP contribution in [0.3, 0.4) is 0 Å².